The van der Waals surface area contributed by atoms with Crippen molar-refractivity contribution in [1.82, 2.24) is 4.98 Å². The molecule has 15 heavy (non-hydrogen) atoms. The van der Waals surface area contributed by atoms with E-state index in [0.717, 1.165) is 16.5 Å². The van der Waals surface area contributed by atoms with E-state index in [1.165, 1.54) is 0 Å². The number of hydrogen-bond acceptors (Lipinski definition) is 2. The molecule has 4 heteroatoms. The van der Waals surface area contributed by atoms with Gasteiger partial charge in [0.2, 0.25) is 0 Å². The summed E-state index contributed by atoms with van der Waals surface area (Å²) in [4.78, 5) is 4.25. The van der Waals surface area contributed by atoms with Crippen molar-refractivity contribution in [3.8, 4) is 0 Å². The number of hydrogen-bond donors (Lipinski definition) is 1. The van der Waals surface area contributed by atoms with E-state index in [0.29, 0.717) is 21.2 Å². The molecule has 0 aliphatic heterocycles. The number of aryl methyl sites for hydroxylation is 2. The van der Waals surface area contributed by atoms with Crippen molar-refractivity contribution in [1.29, 1.82) is 0 Å². The van der Waals surface area contributed by atoms with Crippen LogP contribution in [0.4, 0.5) is 5.69 Å². The Labute approximate surface area is 98.0 Å². The molecular formula is C11H10Cl2N2. The second-order valence-electron chi connectivity index (χ2n) is 3.57. The van der Waals surface area contributed by atoms with Gasteiger partial charge in [-0.1, -0.05) is 23.2 Å². The van der Waals surface area contributed by atoms with Gasteiger partial charge in [0.1, 0.15) is 0 Å². The molecule has 1 aromatic carbocycles. The van der Waals surface area contributed by atoms with E-state index < -0.39 is 0 Å². The van der Waals surface area contributed by atoms with E-state index in [4.69, 9.17) is 28.9 Å². The molecule has 0 saturated heterocycles. The summed E-state index contributed by atoms with van der Waals surface area (Å²) in [6.07, 6.45) is 1.70. The number of fused-ring (bicyclic) bond motifs is 1. The van der Waals surface area contributed by atoms with Crippen LogP contribution in [0.5, 0.6) is 0 Å². The number of nitrogens with zero attached hydrogens (tertiary/aromatic N) is 1. The fraction of sp³-hybridized carbons (Fsp3) is 0.182. The van der Waals surface area contributed by atoms with Crippen molar-refractivity contribution in [2.45, 2.75) is 13.8 Å². The van der Waals surface area contributed by atoms with Crippen molar-refractivity contribution < 1.29 is 0 Å². The lowest BCUT2D eigenvalue weighted by Gasteiger charge is -2.09. The van der Waals surface area contributed by atoms with Gasteiger partial charge >= 0.3 is 0 Å². The van der Waals surface area contributed by atoms with Crippen LogP contribution in [-0.2, 0) is 0 Å². The third-order valence-electron chi connectivity index (χ3n) is 2.42. The first-order chi connectivity index (χ1) is 7.02. The first-order valence-electron chi connectivity index (χ1n) is 4.51. The van der Waals surface area contributed by atoms with E-state index in [1.54, 1.807) is 6.20 Å². The van der Waals surface area contributed by atoms with Gasteiger partial charge in [-0.15, -0.1) is 0 Å². The first-order valence-corrected chi connectivity index (χ1v) is 5.27. The summed E-state index contributed by atoms with van der Waals surface area (Å²) < 4.78 is 0. The summed E-state index contributed by atoms with van der Waals surface area (Å²) >= 11 is 12.2. The van der Waals surface area contributed by atoms with E-state index in [9.17, 15) is 0 Å². The molecule has 2 nitrogen and oxygen atoms in total. The fourth-order valence-corrected chi connectivity index (χ4v) is 1.88. The Hall–Kier alpha value is -0.990. The van der Waals surface area contributed by atoms with Gasteiger partial charge in [0.05, 0.1) is 21.2 Å². The zero-order valence-electron chi connectivity index (χ0n) is 8.44. The summed E-state index contributed by atoms with van der Waals surface area (Å²) in [5.74, 6) is 0. The monoisotopic (exact) mass is 240 g/mol. The highest BCUT2D eigenvalue weighted by Crippen LogP contribution is 2.34. The molecule has 0 aliphatic carbocycles. The Morgan fingerprint density at radius 1 is 1.13 bits per heavy atom. The fourth-order valence-electron chi connectivity index (χ4n) is 1.55. The van der Waals surface area contributed by atoms with Crippen LogP contribution >= 0.6 is 23.2 Å². The quantitative estimate of drug-likeness (QED) is 0.713. The van der Waals surface area contributed by atoms with Crippen LogP contribution in [0.3, 0.4) is 0 Å². The largest absolute Gasteiger partial charge is 0.396 e. The van der Waals surface area contributed by atoms with Crippen LogP contribution < -0.4 is 5.73 Å². The van der Waals surface area contributed by atoms with Crippen molar-refractivity contribution in [2.75, 3.05) is 5.73 Å². The zero-order valence-corrected chi connectivity index (χ0v) is 9.95. The molecule has 0 saturated carbocycles. The third kappa shape index (κ3) is 1.54. The summed E-state index contributed by atoms with van der Waals surface area (Å²) in [5, 5.41) is 2.09. The molecule has 0 radical (unpaired) electrons. The Kier molecular flexibility index (Phi) is 2.49. The molecule has 0 aliphatic rings. The minimum absolute atomic E-state index is 0.494. The van der Waals surface area contributed by atoms with Crippen molar-refractivity contribution >= 4 is 39.8 Å². The molecule has 2 rings (SSSR count). The molecule has 0 bridgehead atoms. The predicted octanol–water partition coefficient (Wildman–Crippen LogP) is 3.74. The minimum Gasteiger partial charge on any atom is -0.396 e. The highest BCUT2D eigenvalue weighted by molar-refractivity contribution is 6.38. The van der Waals surface area contributed by atoms with Gasteiger partial charge in [-0.05, 0) is 31.0 Å². The Balaban J connectivity index is 2.98. The number of benzene rings is 1. The summed E-state index contributed by atoms with van der Waals surface area (Å²) in [5.41, 5.74) is 8.90. The SMILES string of the molecule is Cc1cc2c(Cl)c(C)cnc2c(N)c1Cl. The third-order valence-corrected chi connectivity index (χ3v) is 3.43. The molecule has 2 N–H and O–H groups in total. The van der Waals surface area contributed by atoms with Gasteiger partial charge in [0.25, 0.3) is 0 Å². The lowest BCUT2D eigenvalue weighted by Crippen LogP contribution is -1.94. The molecule has 0 unspecified atom stereocenters. The molecule has 0 atom stereocenters. The average Bonchev–Trinajstić information content (AvgIpc) is 2.21. The van der Waals surface area contributed by atoms with Crippen molar-refractivity contribution in [2.24, 2.45) is 0 Å². The topological polar surface area (TPSA) is 38.9 Å². The highest BCUT2D eigenvalue weighted by atomic mass is 35.5. The number of nitrogens with two attached hydrogens (primary N) is 1. The minimum atomic E-state index is 0.494. The average molecular weight is 241 g/mol. The molecule has 0 spiro atoms. The number of rotatable bonds is 0. The summed E-state index contributed by atoms with van der Waals surface area (Å²) in [6.45, 7) is 3.81. The van der Waals surface area contributed by atoms with Crippen LogP contribution in [-0.4, -0.2) is 4.98 Å². The van der Waals surface area contributed by atoms with Gasteiger partial charge in [0.15, 0.2) is 0 Å². The Morgan fingerprint density at radius 3 is 2.47 bits per heavy atom. The Bertz CT molecular complexity index is 550. The molecule has 1 aromatic heterocycles. The van der Waals surface area contributed by atoms with E-state index >= 15 is 0 Å². The molecule has 78 valence electrons. The van der Waals surface area contributed by atoms with Gasteiger partial charge in [-0.3, -0.25) is 4.98 Å². The highest BCUT2D eigenvalue weighted by Gasteiger charge is 2.11. The normalized spacial score (nSPS) is 10.9. The van der Waals surface area contributed by atoms with Gasteiger partial charge < -0.3 is 5.73 Å². The maximum Gasteiger partial charge on any atom is 0.0961 e. The molecule has 1 heterocycles. The number of nitrogen functional groups attached to an aromatic ring is 1. The van der Waals surface area contributed by atoms with E-state index in [2.05, 4.69) is 4.98 Å². The second kappa shape index (κ2) is 3.54. The summed E-state index contributed by atoms with van der Waals surface area (Å²) in [7, 11) is 0. The Morgan fingerprint density at radius 2 is 1.80 bits per heavy atom. The lowest BCUT2D eigenvalue weighted by atomic mass is 10.1. The van der Waals surface area contributed by atoms with E-state index in [-0.39, 0.29) is 0 Å². The standard InChI is InChI=1S/C11H10Cl2N2/c1-5-3-7-8(12)6(2)4-15-11(7)10(14)9(5)13/h3-4H,14H2,1-2H3. The van der Waals surface area contributed by atoms with Gasteiger partial charge in [-0.2, -0.15) is 0 Å². The maximum atomic E-state index is 6.18. The zero-order chi connectivity index (χ0) is 11.2. The molecule has 0 fully saturated rings. The molecular weight excluding hydrogens is 231 g/mol. The van der Waals surface area contributed by atoms with Crippen LogP contribution in [0.25, 0.3) is 10.9 Å². The van der Waals surface area contributed by atoms with Crippen LogP contribution in [0.1, 0.15) is 11.1 Å². The van der Waals surface area contributed by atoms with Crippen molar-refractivity contribution in [3.05, 3.63) is 33.4 Å². The number of anilines is 1. The maximum absolute atomic E-state index is 6.18. The number of aromatic nitrogens is 1. The second-order valence-corrected chi connectivity index (χ2v) is 4.33. The molecule has 2 aromatic rings. The van der Waals surface area contributed by atoms with Crippen molar-refractivity contribution in [3.63, 3.8) is 0 Å². The number of halogens is 2. The van der Waals surface area contributed by atoms with Gasteiger partial charge in [0, 0.05) is 11.6 Å². The lowest BCUT2D eigenvalue weighted by molar-refractivity contribution is 1.33. The van der Waals surface area contributed by atoms with E-state index in [1.807, 2.05) is 19.9 Å². The van der Waals surface area contributed by atoms with Crippen LogP contribution in [0, 0.1) is 13.8 Å². The van der Waals surface area contributed by atoms with Crippen LogP contribution in [0.15, 0.2) is 12.3 Å². The number of pyridine rings is 1. The summed E-state index contributed by atoms with van der Waals surface area (Å²) in [6, 6.07) is 1.91. The molecule has 0 amide bonds. The first kappa shape index (κ1) is 10.5. The predicted molar refractivity (Wildman–Crippen MR) is 65.6 cm³/mol. The van der Waals surface area contributed by atoms with Gasteiger partial charge in [-0.25, -0.2) is 0 Å². The van der Waals surface area contributed by atoms with Crippen LogP contribution in [0.2, 0.25) is 10.0 Å². The smallest absolute Gasteiger partial charge is 0.0961 e.